The van der Waals surface area contributed by atoms with E-state index in [1.807, 2.05) is 65.2 Å². The van der Waals surface area contributed by atoms with E-state index in [1.54, 1.807) is 4.57 Å². The van der Waals surface area contributed by atoms with Crippen LogP contribution in [-0.2, 0) is 16.2 Å². The van der Waals surface area contributed by atoms with Crippen LogP contribution in [0.2, 0.25) is 0 Å². The van der Waals surface area contributed by atoms with Crippen LogP contribution in [0.5, 0.6) is 0 Å². The molecule has 0 unspecified atom stereocenters. The Bertz CT molecular complexity index is 8290. The molecule has 578 valence electrons. The molecule has 0 atom stereocenters. The molecule has 7 heteroatoms. The third kappa shape index (κ3) is 11.4. The largest absolute Gasteiger partial charge is 0.311 e. The van der Waals surface area contributed by atoms with Crippen molar-refractivity contribution in [2.45, 2.75) is 78.6 Å². The lowest BCUT2D eigenvalue weighted by atomic mass is 9.33. The first-order valence-electron chi connectivity index (χ1n) is 47.7. The third-order valence-electron chi connectivity index (χ3n) is 25.3. The number of hydrogen-bond donors (Lipinski definition) is 0. The Kier molecular flexibility index (Phi) is 13.5. The van der Waals surface area contributed by atoms with Crippen molar-refractivity contribution in [3.63, 3.8) is 0 Å². The lowest BCUT2D eigenvalue weighted by Crippen LogP contribution is -2.61. The highest BCUT2D eigenvalue weighted by atomic mass is 15.2. The van der Waals surface area contributed by atoms with E-state index in [0.717, 1.165) is 144 Å². The summed E-state index contributed by atoms with van der Waals surface area (Å²) in [4.78, 5) is 4.78. The van der Waals surface area contributed by atoms with Crippen molar-refractivity contribution in [1.82, 2.24) is 18.3 Å². The summed E-state index contributed by atoms with van der Waals surface area (Å²) >= 11 is 0. The molecular formula is C114H89BN6. The highest BCUT2D eigenvalue weighted by Crippen LogP contribution is 2.55. The van der Waals surface area contributed by atoms with E-state index in [9.17, 15) is 16.4 Å². The van der Waals surface area contributed by atoms with Crippen molar-refractivity contribution in [3.8, 4) is 67.3 Å². The molecule has 6 nitrogen and oxygen atoms in total. The van der Waals surface area contributed by atoms with E-state index in [4.69, 9.17) is 0 Å². The van der Waals surface area contributed by atoms with Crippen LogP contribution in [0, 0.1) is 0 Å². The van der Waals surface area contributed by atoms with Crippen LogP contribution >= 0.6 is 0 Å². The number of para-hydroxylation sites is 5. The first-order chi connectivity index (χ1) is 63.9. The molecule has 0 saturated carbocycles. The SMILES string of the molecule is [2H]c1c([2H])c([2H])c2c(c1[2H])c1cc(-n3c4ccccc4c4ccccc43)ccc1n2-c1cc2c3c(c1)N(c1c(-c4ccccc4)cc(C(C)(C)C)cc1-c1ccccc1)c1cc(-n4c5c([2H])c([2H])c([2H])c([2H])c5c5c([2H])c([2H])c([2H])c([2H])c54)ccc1B3c1ccc(-n3c4ccc(C(C)(C)C)cc4c4cc(C(C)(C)C)ccc43)cc1N2c1cc(-c2ccccc2)cc(-c2ccccc2)c1. The second-order valence-corrected chi connectivity index (χ2v) is 35.6. The maximum Gasteiger partial charge on any atom is 0.252 e. The quantitative estimate of drug-likeness (QED) is 0.128. The van der Waals surface area contributed by atoms with Crippen LogP contribution in [0.3, 0.4) is 0 Å². The number of fused-ring (bicyclic) bond motifs is 16. The van der Waals surface area contributed by atoms with Crippen molar-refractivity contribution in [2.75, 3.05) is 9.80 Å². The van der Waals surface area contributed by atoms with Gasteiger partial charge in [0.1, 0.15) is 0 Å². The molecule has 23 rings (SSSR count). The summed E-state index contributed by atoms with van der Waals surface area (Å²) in [6.07, 6.45) is 0. The normalized spacial score (nSPS) is 14.3. The van der Waals surface area contributed by atoms with Crippen molar-refractivity contribution in [1.29, 1.82) is 0 Å². The van der Waals surface area contributed by atoms with Gasteiger partial charge in [0.2, 0.25) is 0 Å². The molecule has 0 saturated heterocycles. The van der Waals surface area contributed by atoms with Crippen LogP contribution in [0.1, 0.15) is 95.5 Å². The van der Waals surface area contributed by atoms with Gasteiger partial charge in [-0.05, 0) is 222 Å². The van der Waals surface area contributed by atoms with E-state index in [0.29, 0.717) is 39.0 Å². The summed E-state index contributed by atoms with van der Waals surface area (Å²) in [6, 6.07) is 102. The second-order valence-electron chi connectivity index (χ2n) is 35.6. The van der Waals surface area contributed by atoms with Gasteiger partial charge in [0, 0.05) is 99.7 Å². The standard InChI is InChI=1S/C114H89BN6/c1-112(2,3)78-50-57-103-93(63-78)94-64-79(113(4,5)6)51-58-104(94)118(103)82-52-55-96-106(68-82)120(84-61-76(72-32-14-10-15-33-72)60-77(62-84)73-34-16-11-17-35-73)108-70-85(119-102-49-31-26-44-90(102)95-67-81(54-59-105(95)119)116-98-45-27-22-40-86(98)87-41-23-28-46-99(87)116)71-109-110(108)115(96)97-56-53-83(117-100-47-29-24-42-88(100)89-43-25-30-48-101(89)117)69-107(97)121(109)111-91(74-36-18-12-19-37-74)65-80(114(7,8)9)66-92(111)75-38-20-13-21-39-75/h10-71H,1-9H3/i24D,25D,26D,29D,30D,31D,42D,43D,44D,47D,48D,49D. The fourth-order valence-corrected chi connectivity index (χ4v) is 19.4. The highest BCUT2D eigenvalue weighted by molar-refractivity contribution is 7.00. The van der Waals surface area contributed by atoms with Gasteiger partial charge in [-0.15, -0.1) is 0 Å². The summed E-state index contributed by atoms with van der Waals surface area (Å²) in [5.41, 5.74) is 24.2. The third-order valence-corrected chi connectivity index (χ3v) is 25.3. The van der Waals surface area contributed by atoms with Crippen molar-refractivity contribution in [2.24, 2.45) is 0 Å². The van der Waals surface area contributed by atoms with Crippen molar-refractivity contribution in [3.05, 3.63) is 393 Å². The minimum absolute atomic E-state index is 0.0323. The van der Waals surface area contributed by atoms with Gasteiger partial charge in [0.05, 0.1) is 72.0 Å². The Morgan fingerprint density at radius 2 is 0.579 bits per heavy atom. The monoisotopic (exact) mass is 1560 g/mol. The number of rotatable bonds is 10. The molecule has 0 spiro atoms. The fourth-order valence-electron chi connectivity index (χ4n) is 19.4. The second kappa shape index (κ2) is 27.1. The lowest BCUT2D eigenvalue weighted by molar-refractivity contribution is 0.590. The van der Waals surface area contributed by atoms with Crippen LogP contribution in [0.15, 0.2) is 376 Å². The Hall–Kier alpha value is -14.4. The Balaban J connectivity index is 0.932. The van der Waals surface area contributed by atoms with Crippen LogP contribution in [0.4, 0.5) is 34.1 Å². The number of hydrogen-bond acceptors (Lipinski definition) is 2. The molecule has 4 aromatic heterocycles. The van der Waals surface area contributed by atoms with Gasteiger partial charge in [0.15, 0.2) is 0 Å². The molecule has 0 bridgehead atoms. The van der Waals surface area contributed by atoms with Gasteiger partial charge < -0.3 is 28.1 Å². The molecule has 0 N–H and O–H groups in total. The van der Waals surface area contributed by atoms with E-state index < -0.39 is 66.5 Å². The summed E-state index contributed by atoms with van der Waals surface area (Å²) in [7, 11) is 0. The van der Waals surface area contributed by atoms with Crippen LogP contribution in [-0.4, -0.2) is 25.0 Å². The maximum absolute atomic E-state index is 10.6. The Labute approximate surface area is 723 Å². The van der Waals surface area contributed by atoms with Gasteiger partial charge in [0.25, 0.3) is 6.71 Å². The van der Waals surface area contributed by atoms with Crippen molar-refractivity contribution < 1.29 is 16.4 Å². The van der Waals surface area contributed by atoms with Gasteiger partial charge in [-0.3, -0.25) is 0 Å². The molecule has 121 heavy (non-hydrogen) atoms. The summed E-state index contributed by atoms with van der Waals surface area (Å²) in [5, 5.41) is 5.14. The van der Waals surface area contributed by atoms with Gasteiger partial charge >= 0.3 is 0 Å². The summed E-state index contributed by atoms with van der Waals surface area (Å²) in [6.45, 7) is 19.5. The molecule has 17 aromatic carbocycles. The number of benzene rings is 17. The first kappa shape index (κ1) is 60.1. The number of aromatic nitrogens is 4. The molecule has 0 radical (unpaired) electrons. The molecule has 6 heterocycles. The summed E-state index contributed by atoms with van der Waals surface area (Å²) in [5.74, 6) is 0. The molecule has 21 aromatic rings. The van der Waals surface area contributed by atoms with E-state index in [2.05, 4.69) is 324 Å². The summed E-state index contributed by atoms with van der Waals surface area (Å²) < 4.78 is 126. The average molecular weight is 1570 g/mol. The van der Waals surface area contributed by atoms with Gasteiger partial charge in [-0.2, -0.15) is 0 Å². The maximum atomic E-state index is 10.6. The Morgan fingerprint density at radius 1 is 0.231 bits per heavy atom. The predicted molar refractivity (Wildman–Crippen MR) is 516 cm³/mol. The molecule has 0 amide bonds. The van der Waals surface area contributed by atoms with Gasteiger partial charge in [-0.25, -0.2) is 0 Å². The molecule has 2 aliphatic heterocycles. The zero-order valence-electron chi connectivity index (χ0n) is 80.6. The fraction of sp³-hybridized carbons (Fsp3) is 0.105. The number of nitrogens with zero attached hydrogens (tertiary/aromatic N) is 6. The minimum Gasteiger partial charge on any atom is -0.311 e. The molecule has 0 fully saturated rings. The molecule has 0 aliphatic carbocycles. The van der Waals surface area contributed by atoms with Crippen LogP contribution < -0.4 is 26.2 Å². The predicted octanol–water partition coefficient (Wildman–Crippen LogP) is 28.7. The van der Waals surface area contributed by atoms with Gasteiger partial charge in [-0.1, -0.05) is 299 Å². The topological polar surface area (TPSA) is 26.2 Å². The number of anilines is 6. The zero-order chi connectivity index (χ0) is 91.9. The Morgan fingerprint density at radius 3 is 1.04 bits per heavy atom. The smallest absolute Gasteiger partial charge is 0.252 e. The van der Waals surface area contributed by atoms with Crippen LogP contribution in [0.25, 0.3) is 154 Å². The van der Waals surface area contributed by atoms with E-state index in [1.165, 1.54) is 11.1 Å². The molecule has 2 aliphatic rings. The van der Waals surface area contributed by atoms with E-state index >= 15 is 0 Å². The lowest BCUT2D eigenvalue weighted by Gasteiger charge is -2.45. The highest BCUT2D eigenvalue weighted by Gasteiger charge is 2.46. The zero-order valence-corrected chi connectivity index (χ0v) is 68.6. The van der Waals surface area contributed by atoms with Crippen molar-refractivity contribution >= 4 is 144 Å². The minimum atomic E-state index is -0.710. The molecular weight excluding hydrogens is 1460 g/mol. The first-order valence-corrected chi connectivity index (χ1v) is 41.7. The van der Waals surface area contributed by atoms with E-state index in [-0.39, 0.29) is 56.3 Å². The average Bonchev–Trinajstić information content (AvgIpc) is 1.63.